The highest BCUT2D eigenvalue weighted by atomic mass is 35.5. The summed E-state index contributed by atoms with van der Waals surface area (Å²) >= 11 is 12.5. The predicted octanol–water partition coefficient (Wildman–Crippen LogP) is 4.08. The number of carbonyl (C=O) groups excluding carboxylic acids is 1. The SMILES string of the molecule is CN(C)C(=O)COc1ccc(Cl)c(Nc2ccc(C#N)cc2)c1Cl. The molecule has 0 bridgehead atoms. The summed E-state index contributed by atoms with van der Waals surface area (Å²) in [5.74, 6) is 0.176. The fourth-order valence-electron chi connectivity index (χ4n) is 1.80. The molecule has 0 fully saturated rings. The molecule has 2 rings (SSSR count). The van der Waals surface area contributed by atoms with Crippen LogP contribution in [0.4, 0.5) is 11.4 Å². The zero-order chi connectivity index (χ0) is 17.7. The molecule has 0 aliphatic carbocycles. The Hall–Kier alpha value is -2.42. The maximum Gasteiger partial charge on any atom is 0.259 e. The Morgan fingerprint density at radius 1 is 1.21 bits per heavy atom. The second-order valence-electron chi connectivity index (χ2n) is 5.13. The molecule has 2 aromatic carbocycles. The number of halogens is 2. The molecule has 0 unspecified atom stereocenters. The smallest absolute Gasteiger partial charge is 0.259 e. The van der Waals surface area contributed by atoms with Crippen molar-refractivity contribution in [1.82, 2.24) is 4.90 Å². The summed E-state index contributed by atoms with van der Waals surface area (Å²) < 4.78 is 5.46. The molecule has 0 aliphatic heterocycles. The van der Waals surface area contributed by atoms with Crippen LogP contribution >= 0.6 is 23.2 Å². The third-order valence-electron chi connectivity index (χ3n) is 3.19. The van der Waals surface area contributed by atoms with Crippen LogP contribution in [0.15, 0.2) is 36.4 Å². The molecule has 7 heteroatoms. The maximum absolute atomic E-state index is 11.6. The normalized spacial score (nSPS) is 9.96. The van der Waals surface area contributed by atoms with Crippen LogP contribution in [0, 0.1) is 11.3 Å². The maximum atomic E-state index is 11.6. The van der Waals surface area contributed by atoms with Crippen molar-refractivity contribution in [2.75, 3.05) is 26.0 Å². The molecular weight excluding hydrogens is 349 g/mol. The Balaban J connectivity index is 2.21. The number of nitriles is 1. The van der Waals surface area contributed by atoms with E-state index in [-0.39, 0.29) is 17.5 Å². The molecule has 0 aliphatic rings. The summed E-state index contributed by atoms with van der Waals surface area (Å²) in [6.45, 7) is -0.120. The van der Waals surface area contributed by atoms with Crippen LogP contribution in [-0.4, -0.2) is 31.5 Å². The quantitative estimate of drug-likeness (QED) is 0.869. The van der Waals surface area contributed by atoms with E-state index in [1.807, 2.05) is 0 Å². The Labute approximate surface area is 150 Å². The van der Waals surface area contributed by atoms with E-state index in [9.17, 15) is 4.79 Å². The van der Waals surface area contributed by atoms with E-state index in [4.69, 9.17) is 33.2 Å². The van der Waals surface area contributed by atoms with Crippen LogP contribution < -0.4 is 10.1 Å². The van der Waals surface area contributed by atoms with Crippen LogP contribution in [0.25, 0.3) is 0 Å². The van der Waals surface area contributed by atoms with Gasteiger partial charge in [-0.05, 0) is 36.4 Å². The lowest BCUT2D eigenvalue weighted by molar-refractivity contribution is -0.130. The number of nitrogens with one attached hydrogen (secondary N) is 1. The molecule has 5 nitrogen and oxygen atoms in total. The van der Waals surface area contributed by atoms with Gasteiger partial charge in [-0.2, -0.15) is 5.26 Å². The van der Waals surface area contributed by atoms with Gasteiger partial charge in [0.1, 0.15) is 10.8 Å². The zero-order valence-electron chi connectivity index (χ0n) is 13.1. The van der Waals surface area contributed by atoms with Gasteiger partial charge < -0.3 is 15.0 Å². The van der Waals surface area contributed by atoms with Gasteiger partial charge in [0.25, 0.3) is 5.91 Å². The second-order valence-corrected chi connectivity index (χ2v) is 5.91. The van der Waals surface area contributed by atoms with Crippen molar-refractivity contribution in [3.63, 3.8) is 0 Å². The highest BCUT2D eigenvalue weighted by Crippen LogP contribution is 2.39. The van der Waals surface area contributed by atoms with Gasteiger partial charge in [-0.1, -0.05) is 23.2 Å². The summed E-state index contributed by atoms with van der Waals surface area (Å²) in [6.07, 6.45) is 0. The predicted molar refractivity (Wildman–Crippen MR) is 95.1 cm³/mol. The number of carbonyl (C=O) groups is 1. The first-order valence-electron chi connectivity index (χ1n) is 7.00. The second kappa shape index (κ2) is 7.91. The number of amides is 1. The van der Waals surface area contributed by atoms with Gasteiger partial charge in [0, 0.05) is 19.8 Å². The molecule has 0 heterocycles. The number of likely N-dealkylation sites (N-methyl/N-ethyl adjacent to an activating group) is 1. The molecule has 0 radical (unpaired) electrons. The number of hydrogen-bond donors (Lipinski definition) is 1. The van der Waals surface area contributed by atoms with E-state index in [0.29, 0.717) is 22.0 Å². The number of nitrogens with zero attached hydrogens (tertiary/aromatic N) is 2. The molecule has 0 atom stereocenters. The molecule has 0 saturated heterocycles. The molecule has 2 aromatic rings. The van der Waals surface area contributed by atoms with Crippen molar-refractivity contribution in [1.29, 1.82) is 5.26 Å². The highest BCUT2D eigenvalue weighted by Gasteiger charge is 2.14. The van der Waals surface area contributed by atoms with Crippen LogP contribution in [0.1, 0.15) is 5.56 Å². The van der Waals surface area contributed by atoms with Crippen molar-refractivity contribution in [2.45, 2.75) is 0 Å². The fraction of sp³-hybridized carbons (Fsp3) is 0.176. The third-order valence-corrected chi connectivity index (χ3v) is 3.88. The minimum absolute atomic E-state index is 0.120. The standard InChI is InChI=1S/C17H15Cl2N3O2/c1-22(2)15(23)10-24-14-8-7-13(18)17(16(14)19)21-12-5-3-11(9-20)4-6-12/h3-8,21H,10H2,1-2H3. The molecular formula is C17H15Cl2N3O2. The van der Waals surface area contributed by atoms with Crippen LogP contribution in [0.3, 0.4) is 0 Å². The van der Waals surface area contributed by atoms with Gasteiger partial charge in [-0.3, -0.25) is 4.79 Å². The van der Waals surface area contributed by atoms with Gasteiger partial charge in [0.2, 0.25) is 0 Å². The Morgan fingerprint density at radius 3 is 2.46 bits per heavy atom. The summed E-state index contributed by atoms with van der Waals surface area (Å²) in [7, 11) is 3.29. The lowest BCUT2D eigenvalue weighted by Gasteiger charge is -2.16. The Bertz CT molecular complexity index is 784. The highest BCUT2D eigenvalue weighted by molar-refractivity contribution is 6.40. The summed E-state index contributed by atoms with van der Waals surface area (Å²) in [5, 5.41) is 12.6. The van der Waals surface area contributed by atoms with Crippen molar-refractivity contribution in [2.24, 2.45) is 0 Å². The van der Waals surface area contributed by atoms with Crippen molar-refractivity contribution < 1.29 is 9.53 Å². The topological polar surface area (TPSA) is 65.4 Å². The fourth-order valence-corrected chi connectivity index (χ4v) is 2.32. The molecule has 0 saturated carbocycles. The number of ether oxygens (including phenoxy) is 1. The number of anilines is 2. The van der Waals surface area contributed by atoms with Crippen LogP contribution in [-0.2, 0) is 4.79 Å². The lowest BCUT2D eigenvalue weighted by atomic mass is 10.2. The van der Waals surface area contributed by atoms with Crippen molar-refractivity contribution >= 4 is 40.5 Å². The lowest BCUT2D eigenvalue weighted by Crippen LogP contribution is -2.27. The molecule has 0 spiro atoms. The van der Waals surface area contributed by atoms with Crippen LogP contribution in [0.5, 0.6) is 5.75 Å². The van der Waals surface area contributed by atoms with Gasteiger partial charge >= 0.3 is 0 Å². The number of rotatable bonds is 5. The third kappa shape index (κ3) is 4.31. The Morgan fingerprint density at radius 2 is 1.88 bits per heavy atom. The largest absolute Gasteiger partial charge is 0.482 e. The Kier molecular flexibility index (Phi) is 5.91. The van der Waals surface area contributed by atoms with E-state index in [1.165, 1.54) is 4.90 Å². The van der Waals surface area contributed by atoms with E-state index in [2.05, 4.69) is 11.4 Å². The van der Waals surface area contributed by atoms with E-state index >= 15 is 0 Å². The van der Waals surface area contributed by atoms with E-state index < -0.39 is 0 Å². The molecule has 1 amide bonds. The first kappa shape index (κ1) is 17.9. The summed E-state index contributed by atoms with van der Waals surface area (Å²) in [5.41, 5.74) is 1.74. The monoisotopic (exact) mass is 363 g/mol. The molecule has 0 aromatic heterocycles. The first-order chi connectivity index (χ1) is 11.4. The minimum Gasteiger partial charge on any atom is -0.482 e. The van der Waals surface area contributed by atoms with Crippen LogP contribution in [0.2, 0.25) is 10.0 Å². The van der Waals surface area contributed by atoms with E-state index in [0.717, 1.165) is 5.69 Å². The minimum atomic E-state index is -0.178. The van der Waals surface area contributed by atoms with Crippen molar-refractivity contribution in [3.8, 4) is 11.8 Å². The average Bonchev–Trinajstić information content (AvgIpc) is 2.58. The van der Waals surface area contributed by atoms with Gasteiger partial charge in [0.15, 0.2) is 6.61 Å². The molecule has 124 valence electrons. The molecule has 24 heavy (non-hydrogen) atoms. The number of hydrogen-bond acceptors (Lipinski definition) is 4. The van der Waals surface area contributed by atoms with Crippen molar-refractivity contribution in [3.05, 3.63) is 52.0 Å². The first-order valence-corrected chi connectivity index (χ1v) is 7.76. The molecule has 1 N–H and O–H groups in total. The number of benzene rings is 2. The van der Waals surface area contributed by atoms with Gasteiger partial charge in [-0.25, -0.2) is 0 Å². The van der Waals surface area contributed by atoms with Gasteiger partial charge in [0.05, 0.1) is 22.3 Å². The van der Waals surface area contributed by atoms with Gasteiger partial charge in [-0.15, -0.1) is 0 Å². The zero-order valence-corrected chi connectivity index (χ0v) is 14.6. The summed E-state index contributed by atoms with van der Waals surface area (Å²) in [4.78, 5) is 13.1. The summed E-state index contributed by atoms with van der Waals surface area (Å²) in [6, 6.07) is 12.1. The van der Waals surface area contributed by atoms with E-state index in [1.54, 1.807) is 50.5 Å². The average molecular weight is 364 g/mol.